The molecule has 12 nitrogen and oxygen atoms in total. The highest BCUT2D eigenvalue weighted by molar-refractivity contribution is 9.10. The van der Waals surface area contributed by atoms with Crippen LogP contribution < -0.4 is 10.3 Å². The van der Waals surface area contributed by atoms with Gasteiger partial charge in [0, 0.05) is 11.8 Å². The van der Waals surface area contributed by atoms with Crippen LogP contribution in [0, 0.1) is 0 Å². The van der Waals surface area contributed by atoms with Crippen LogP contribution in [0.4, 0.5) is 9.59 Å². The molecule has 0 aliphatic rings. The monoisotopic (exact) mass is 660 g/mol. The minimum Gasteiger partial charge on any atom is -0.487 e. The Labute approximate surface area is 259 Å². The number of halogens is 1. The first-order valence-corrected chi connectivity index (χ1v) is 13.7. The molecule has 0 radical (unpaired) electrons. The summed E-state index contributed by atoms with van der Waals surface area (Å²) >= 11 is 3.38. The summed E-state index contributed by atoms with van der Waals surface area (Å²) < 4.78 is 18.6. The predicted octanol–water partition coefficient (Wildman–Crippen LogP) is 6.11. The maximum atomic E-state index is 13.4. The summed E-state index contributed by atoms with van der Waals surface area (Å²) in [7, 11) is 0. The minimum absolute atomic E-state index is 0.0455. The van der Waals surface area contributed by atoms with Gasteiger partial charge in [-0.05, 0) is 45.3 Å². The van der Waals surface area contributed by atoms with Crippen LogP contribution in [0.2, 0.25) is 0 Å². The summed E-state index contributed by atoms with van der Waals surface area (Å²) in [4.78, 5) is 47.2. The zero-order valence-electron chi connectivity index (χ0n) is 22.9. The number of ether oxygens (including phenoxy) is 3. The summed E-state index contributed by atoms with van der Waals surface area (Å²) in [6.45, 7) is 0.0590. The molecular weight excluding hydrogens is 636 g/mol. The highest BCUT2D eigenvalue weighted by Gasteiger charge is 2.22. The topological polar surface area (TPSA) is 163 Å². The van der Waals surface area contributed by atoms with Gasteiger partial charge in [0.15, 0.2) is 0 Å². The molecule has 0 saturated heterocycles. The molecule has 0 atom stereocenters. The average molecular weight is 661 g/mol. The molecule has 224 valence electrons. The number of carboxylic acid groups (broad SMARTS) is 2. The Balaban J connectivity index is 0.00000104. The molecule has 2 N–H and O–H groups in total. The lowest BCUT2D eigenvalue weighted by molar-refractivity contribution is 0.0435. The number of pyridine rings is 2. The van der Waals surface area contributed by atoms with Crippen molar-refractivity contribution < 1.29 is 34.0 Å². The number of hydrogen-bond donors (Lipinski definition) is 2. The number of hydrogen-bond acceptors (Lipinski definition) is 9. The largest absolute Gasteiger partial charge is 0.508 e. The fourth-order valence-corrected chi connectivity index (χ4v) is 4.39. The van der Waals surface area contributed by atoms with Gasteiger partial charge in [0.25, 0.3) is 5.56 Å². The number of rotatable bonds is 9. The van der Waals surface area contributed by atoms with Gasteiger partial charge in [-0.15, -0.1) is 0 Å². The first-order valence-electron chi connectivity index (χ1n) is 12.9. The lowest BCUT2D eigenvalue weighted by atomic mass is 10.1. The third-order valence-corrected chi connectivity index (χ3v) is 6.42. The normalized spacial score (nSPS) is 10.2. The SMILES string of the molecule is O=C(O)O.O=C(OCc1ccccc1)OCc1c(-c2ncccc2OCc2ccccc2)cc(Br)c(=O)n1-c1cncnc1. The molecule has 2 aromatic carbocycles. The maximum absolute atomic E-state index is 13.4. The van der Waals surface area contributed by atoms with Crippen molar-refractivity contribution in [2.75, 3.05) is 0 Å². The first kappa shape index (κ1) is 31.4. The maximum Gasteiger partial charge on any atom is 0.508 e. The van der Waals surface area contributed by atoms with Crippen molar-refractivity contribution in [2.45, 2.75) is 19.8 Å². The van der Waals surface area contributed by atoms with E-state index in [2.05, 4.69) is 30.9 Å². The first-order chi connectivity index (χ1) is 21.3. The van der Waals surface area contributed by atoms with E-state index in [1.165, 1.54) is 23.3 Å². The zero-order chi connectivity index (χ0) is 31.3. The van der Waals surface area contributed by atoms with Gasteiger partial charge in [0.2, 0.25) is 0 Å². The molecule has 0 aliphatic carbocycles. The van der Waals surface area contributed by atoms with E-state index in [4.69, 9.17) is 29.2 Å². The lowest BCUT2D eigenvalue weighted by Gasteiger charge is -2.19. The fraction of sp³-hybridized carbons (Fsp3) is 0.0968. The lowest BCUT2D eigenvalue weighted by Crippen LogP contribution is -2.25. The molecule has 3 heterocycles. The van der Waals surface area contributed by atoms with Crippen molar-refractivity contribution >= 4 is 28.2 Å². The van der Waals surface area contributed by atoms with Gasteiger partial charge in [-0.2, -0.15) is 0 Å². The van der Waals surface area contributed by atoms with Crippen LogP contribution in [-0.4, -0.2) is 42.0 Å². The molecule has 0 spiro atoms. The fourth-order valence-electron chi connectivity index (χ4n) is 3.98. The number of aromatic nitrogens is 4. The van der Waals surface area contributed by atoms with Crippen molar-refractivity contribution in [1.29, 1.82) is 0 Å². The summed E-state index contributed by atoms with van der Waals surface area (Å²) in [5, 5.41) is 13.9. The zero-order valence-corrected chi connectivity index (χ0v) is 24.5. The molecule has 0 aliphatic heterocycles. The molecule has 0 amide bonds. The highest BCUT2D eigenvalue weighted by atomic mass is 79.9. The van der Waals surface area contributed by atoms with Gasteiger partial charge in [0.1, 0.15) is 37.6 Å². The Hall–Kier alpha value is -5.56. The number of carbonyl (C=O) groups is 2. The van der Waals surface area contributed by atoms with Gasteiger partial charge in [-0.25, -0.2) is 19.6 Å². The van der Waals surface area contributed by atoms with E-state index in [-0.39, 0.29) is 17.7 Å². The second-order valence-electron chi connectivity index (χ2n) is 8.81. The van der Waals surface area contributed by atoms with E-state index >= 15 is 0 Å². The minimum atomic E-state index is -1.83. The number of nitrogens with zero attached hydrogens (tertiary/aromatic N) is 4. The Kier molecular flexibility index (Phi) is 11.1. The summed E-state index contributed by atoms with van der Waals surface area (Å²) in [5.74, 6) is 0.487. The predicted molar refractivity (Wildman–Crippen MR) is 161 cm³/mol. The average Bonchev–Trinajstić information content (AvgIpc) is 3.04. The molecule has 13 heteroatoms. The molecule has 5 aromatic rings. The Bertz CT molecular complexity index is 1750. The smallest absolute Gasteiger partial charge is 0.487 e. The van der Waals surface area contributed by atoms with Crippen molar-refractivity contribution in [3.05, 3.63) is 135 Å². The Morgan fingerprint density at radius 2 is 1.41 bits per heavy atom. The van der Waals surface area contributed by atoms with Gasteiger partial charge in [-0.3, -0.25) is 14.3 Å². The Morgan fingerprint density at radius 1 is 0.818 bits per heavy atom. The van der Waals surface area contributed by atoms with Crippen LogP contribution in [0.1, 0.15) is 16.8 Å². The molecule has 0 unspecified atom stereocenters. The molecule has 0 bridgehead atoms. The third kappa shape index (κ3) is 8.72. The molecule has 0 fully saturated rings. The molecular formula is C31H25BrN4O8. The van der Waals surface area contributed by atoms with Gasteiger partial charge >= 0.3 is 12.3 Å². The van der Waals surface area contributed by atoms with Crippen molar-refractivity contribution in [3.8, 4) is 22.7 Å². The third-order valence-electron chi connectivity index (χ3n) is 5.85. The number of benzene rings is 2. The van der Waals surface area contributed by atoms with Crippen molar-refractivity contribution in [3.63, 3.8) is 0 Å². The van der Waals surface area contributed by atoms with Crippen LogP contribution in [0.15, 0.2) is 113 Å². The van der Waals surface area contributed by atoms with E-state index < -0.39 is 17.9 Å². The van der Waals surface area contributed by atoms with Gasteiger partial charge in [-0.1, -0.05) is 60.7 Å². The second kappa shape index (κ2) is 15.6. The van der Waals surface area contributed by atoms with Crippen LogP contribution >= 0.6 is 15.9 Å². The van der Waals surface area contributed by atoms with Crippen LogP contribution in [0.3, 0.4) is 0 Å². The number of carbonyl (C=O) groups excluding carboxylic acids is 1. The van der Waals surface area contributed by atoms with Gasteiger partial charge in [0.05, 0.1) is 28.2 Å². The van der Waals surface area contributed by atoms with E-state index in [0.29, 0.717) is 35.0 Å². The van der Waals surface area contributed by atoms with Gasteiger partial charge < -0.3 is 24.4 Å². The standard InChI is InChI=1S/C30H23BrN4O5.CH2O3/c31-25-14-24(28-27(12-7-13-34-28)38-17-21-8-3-1-4-9-21)26(35(29(25)36)23-15-32-20-33-16-23)19-40-30(37)39-18-22-10-5-2-6-11-22;2-1(3)4/h1-16,20H,17-19H2;(H2,2,3,4). The Morgan fingerprint density at radius 3 is 2.05 bits per heavy atom. The van der Waals surface area contributed by atoms with E-state index in [1.54, 1.807) is 24.4 Å². The second-order valence-corrected chi connectivity index (χ2v) is 9.66. The molecule has 0 saturated carbocycles. The van der Waals surface area contributed by atoms with E-state index in [1.807, 2.05) is 60.7 Å². The molecule has 5 rings (SSSR count). The summed E-state index contributed by atoms with van der Waals surface area (Å²) in [6, 6.07) is 24.2. The summed E-state index contributed by atoms with van der Waals surface area (Å²) in [5.41, 5.74) is 3.09. The highest BCUT2D eigenvalue weighted by Crippen LogP contribution is 2.33. The van der Waals surface area contributed by atoms with Crippen LogP contribution in [0.5, 0.6) is 5.75 Å². The van der Waals surface area contributed by atoms with E-state index in [9.17, 15) is 9.59 Å². The summed E-state index contributed by atoms with van der Waals surface area (Å²) in [6.07, 6.45) is 3.25. The molecule has 3 aromatic heterocycles. The quantitative estimate of drug-likeness (QED) is 0.175. The van der Waals surface area contributed by atoms with Crippen molar-refractivity contribution in [1.82, 2.24) is 19.5 Å². The van der Waals surface area contributed by atoms with Crippen LogP contribution in [0.25, 0.3) is 16.9 Å². The molecule has 44 heavy (non-hydrogen) atoms. The van der Waals surface area contributed by atoms with E-state index in [0.717, 1.165) is 11.1 Å². The van der Waals surface area contributed by atoms with Crippen molar-refractivity contribution in [2.24, 2.45) is 0 Å². The van der Waals surface area contributed by atoms with Crippen LogP contribution in [-0.2, 0) is 29.3 Å².